The molecule has 2 aromatic rings. The van der Waals surface area contributed by atoms with Crippen LogP contribution in [0.5, 0.6) is 0 Å². The Morgan fingerprint density at radius 1 is 1.25 bits per heavy atom. The van der Waals surface area contributed by atoms with Gasteiger partial charge in [-0.2, -0.15) is 0 Å². The van der Waals surface area contributed by atoms with E-state index in [2.05, 4.69) is 20.9 Å². The summed E-state index contributed by atoms with van der Waals surface area (Å²) in [6.45, 7) is 0. The lowest BCUT2D eigenvalue weighted by Gasteiger charge is -2.10. The lowest BCUT2D eigenvalue weighted by molar-refractivity contribution is 0.223. The first-order chi connectivity index (χ1) is 7.58. The number of aliphatic hydroxyl groups is 1. The highest BCUT2D eigenvalue weighted by atomic mass is 79.9. The Hall–Kier alpha value is -0.130. The van der Waals surface area contributed by atoms with E-state index in [1.165, 1.54) is 11.3 Å². The predicted octanol–water partition coefficient (Wildman–Crippen LogP) is 4.29. The van der Waals surface area contributed by atoms with Gasteiger partial charge in [-0.3, -0.25) is 0 Å². The largest absolute Gasteiger partial charge is 0.383 e. The molecule has 1 unspecified atom stereocenters. The van der Waals surface area contributed by atoms with Gasteiger partial charge in [0.25, 0.3) is 0 Å². The molecule has 0 aliphatic rings. The fourth-order valence-electron chi connectivity index (χ4n) is 1.30. The van der Waals surface area contributed by atoms with Gasteiger partial charge in [-0.05, 0) is 39.7 Å². The maximum absolute atomic E-state index is 10.1. The molecular formula is C10H6BrCl2NOS. The van der Waals surface area contributed by atoms with Crippen molar-refractivity contribution in [1.29, 1.82) is 0 Å². The van der Waals surface area contributed by atoms with Crippen molar-refractivity contribution in [3.05, 3.63) is 48.8 Å². The predicted molar refractivity (Wildman–Crippen MR) is 70.3 cm³/mol. The van der Waals surface area contributed by atoms with Crippen LogP contribution in [0.2, 0.25) is 10.0 Å². The van der Waals surface area contributed by atoms with Gasteiger partial charge < -0.3 is 5.11 Å². The summed E-state index contributed by atoms with van der Waals surface area (Å²) >= 11 is 16.4. The molecule has 0 aliphatic carbocycles. The third-order valence-electron chi connectivity index (χ3n) is 2.00. The smallest absolute Gasteiger partial charge is 0.123 e. The summed E-state index contributed by atoms with van der Waals surface area (Å²) in [5.41, 5.74) is 2.32. The van der Waals surface area contributed by atoms with Crippen LogP contribution < -0.4 is 0 Å². The molecule has 1 heterocycles. The fourth-order valence-corrected chi connectivity index (χ4v) is 3.27. The second-order valence-electron chi connectivity index (χ2n) is 3.11. The highest BCUT2D eigenvalue weighted by Crippen LogP contribution is 2.33. The van der Waals surface area contributed by atoms with Crippen molar-refractivity contribution >= 4 is 50.5 Å². The minimum atomic E-state index is -0.766. The number of rotatable bonds is 2. The van der Waals surface area contributed by atoms with Crippen molar-refractivity contribution in [2.24, 2.45) is 0 Å². The van der Waals surface area contributed by atoms with Crippen molar-refractivity contribution < 1.29 is 5.11 Å². The summed E-state index contributed by atoms with van der Waals surface area (Å²) in [4.78, 5) is 4.75. The van der Waals surface area contributed by atoms with Crippen LogP contribution in [0, 0.1) is 0 Å². The molecule has 84 valence electrons. The topological polar surface area (TPSA) is 33.1 Å². The van der Waals surface area contributed by atoms with Crippen LogP contribution in [0.25, 0.3) is 0 Å². The quantitative estimate of drug-likeness (QED) is 0.885. The Labute approximate surface area is 115 Å². The van der Waals surface area contributed by atoms with Gasteiger partial charge in [-0.25, -0.2) is 4.98 Å². The van der Waals surface area contributed by atoms with Crippen LogP contribution in [0.1, 0.15) is 16.5 Å². The van der Waals surface area contributed by atoms with Crippen molar-refractivity contribution in [2.75, 3.05) is 0 Å². The number of aromatic nitrogens is 1. The first-order valence-corrected chi connectivity index (χ1v) is 6.73. The molecule has 16 heavy (non-hydrogen) atoms. The molecule has 0 radical (unpaired) electrons. The Kier molecular flexibility index (Phi) is 3.87. The SMILES string of the molecule is OC(c1cc(Cl)cc(Cl)c1)c1scnc1Br. The van der Waals surface area contributed by atoms with E-state index in [-0.39, 0.29) is 0 Å². The summed E-state index contributed by atoms with van der Waals surface area (Å²) in [7, 11) is 0. The van der Waals surface area contributed by atoms with Gasteiger partial charge in [0, 0.05) is 10.0 Å². The zero-order chi connectivity index (χ0) is 11.7. The van der Waals surface area contributed by atoms with Crippen molar-refractivity contribution in [2.45, 2.75) is 6.10 Å². The van der Waals surface area contributed by atoms with E-state index in [0.717, 1.165) is 4.88 Å². The van der Waals surface area contributed by atoms with E-state index in [1.807, 2.05) is 0 Å². The fraction of sp³-hybridized carbons (Fsp3) is 0.100. The average molecular weight is 339 g/mol. The molecule has 0 aliphatic heterocycles. The molecule has 1 N–H and O–H groups in total. The molecule has 0 saturated carbocycles. The van der Waals surface area contributed by atoms with Gasteiger partial charge in [-0.15, -0.1) is 11.3 Å². The summed E-state index contributed by atoms with van der Waals surface area (Å²) < 4.78 is 0.640. The second-order valence-corrected chi connectivity index (χ2v) is 5.62. The summed E-state index contributed by atoms with van der Waals surface area (Å²) in [5, 5.41) is 11.1. The number of benzene rings is 1. The van der Waals surface area contributed by atoms with Gasteiger partial charge in [0.15, 0.2) is 0 Å². The van der Waals surface area contributed by atoms with Crippen LogP contribution >= 0.6 is 50.5 Å². The molecule has 0 saturated heterocycles. The summed E-state index contributed by atoms with van der Waals surface area (Å²) in [5.74, 6) is 0. The Morgan fingerprint density at radius 3 is 2.38 bits per heavy atom. The molecule has 1 aromatic carbocycles. The standard InChI is InChI=1S/C10H6BrCl2NOS/c11-10-9(16-4-14-10)8(15)5-1-6(12)3-7(13)2-5/h1-4,8,15H. The third kappa shape index (κ3) is 2.57. The summed E-state index contributed by atoms with van der Waals surface area (Å²) in [6.07, 6.45) is -0.766. The summed E-state index contributed by atoms with van der Waals surface area (Å²) in [6, 6.07) is 5.00. The lowest BCUT2D eigenvalue weighted by atomic mass is 10.1. The molecular weight excluding hydrogens is 333 g/mol. The highest BCUT2D eigenvalue weighted by Gasteiger charge is 2.17. The first-order valence-electron chi connectivity index (χ1n) is 4.31. The average Bonchev–Trinajstić information content (AvgIpc) is 2.62. The molecule has 0 spiro atoms. The Morgan fingerprint density at radius 2 is 1.88 bits per heavy atom. The molecule has 2 nitrogen and oxygen atoms in total. The molecule has 0 amide bonds. The second kappa shape index (κ2) is 5.02. The van der Waals surface area contributed by atoms with E-state index in [0.29, 0.717) is 20.2 Å². The monoisotopic (exact) mass is 337 g/mol. The number of nitrogens with zero attached hydrogens (tertiary/aromatic N) is 1. The van der Waals surface area contributed by atoms with Crippen LogP contribution in [-0.4, -0.2) is 10.1 Å². The minimum Gasteiger partial charge on any atom is -0.383 e. The zero-order valence-electron chi connectivity index (χ0n) is 7.82. The van der Waals surface area contributed by atoms with Gasteiger partial charge in [0.2, 0.25) is 0 Å². The van der Waals surface area contributed by atoms with Gasteiger partial charge in [0.1, 0.15) is 10.7 Å². The normalized spacial score (nSPS) is 12.8. The highest BCUT2D eigenvalue weighted by molar-refractivity contribution is 9.10. The number of thiazole rings is 1. The molecule has 6 heteroatoms. The van der Waals surface area contributed by atoms with Crippen LogP contribution in [0.15, 0.2) is 28.3 Å². The Bertz CT molecular complexity index is 497. The van der Waals surface area contributed by atoms with Crippen molar-refractivity contribution in [1.82, 2.24) is 4.98 Å². The minimum absolute atomic E-state index is 0.502. The molecule has 0 fully saturated rings. The van der Waals surface area contributed by atoms with E-state index in [9.17, 15) is 5.11 Å². The molecule has 0 bridgehead atoms. The number of hydrogen-bond donors (Lipinski definition) is 1. The van der Waals surface area contributed by atoms with Gasteiger partial charge >= 0.3 is 0 Å². The molecule has 1 aromatic heterocycles. The number of aliphatic hydroxyl groups excluding tert-OH is 1. The maximum Gasteiger partial charge on any atom is 0.123 e. The number of halogens is 3. The van der Waals surface area contributed by atoms with Crippen LogP contribution in [0.3, 0.4) is 0 Å². The van der Waals surface area contributed by atoms with Crippen LogP contribution in [0.4, 0.5) is 0 Å². The first kappa shape index (κ1) is 12.3. The van der Waals surface area contributed by atoms with E-state index in [4.69, 9.17) is 23.2 Å². The van der Waals surface area contributed by atoms with Crippen molar-refractivity contribution in [3.63, 3.8) is 0 Å². The maximum atomic E-state index is 10.1. The van der Waals surface area contributed by atoms with E-state index >= 15 is 0 Å². The molecule has 1 atom stereocenters. The van der Waals surface area contributed by atoms with Gasteiger partial charge in [0.05, 0.1) is 10.4 Å². The molecule has 2 rings (SSSR count). The van der Waals surface area contributed by atoms with Crippen LogP contribution in [-0.2, 0) is 0 Å². The lowest BCUT2D eigenvalue weighted by Crippen LogP contribution is -1.98. The Balaban J connectivity index is 2.41. The zero-order valence-corrected chi connectivity index (χ0v) is 11.7. The van der Waals surface area contributed by atoms with Crippen molar-refractivity contribution in [3.8, 4) is 0 Å². The van der Waals surface area contributed by atoms with Gasteiger partial charge in [-0.1, -0.05) is 23.2 Å². The number of hydrogen-bond acceptors (Lipinski definition) is 3. The van der Waals surface area contributed by atoms with E-state index in [1.54, 1.807) is 23.7 Å². The van der Waals surface area contributed by atoms with E-state index < -0.39 is 6.10 Å². The third-order valence-corrected chi connectivity index (χ3v) is 4.21.